The van der Waals surface area contributed by atoms with Crippen LogP contribution in [-0.2, 0) is 0 Å². The maximum atomic E-state index is 12.4. The molecule has 20 heavy (non-hydrogen) atoms. The molecule has 9 heteroatoms. The van der Waals surface area contributed by atoms with Gasteiger partial charge in [0.1, 0.15) is 0 Å². The van der Waals surface area contributed by atoms with Crippen LogP contribution >= 0.6 is 0 Å². The zero-order valence-corrected chi connectivity index (χ0v) is 11.2. The molecule has 0 saturated heterocycles. The van der Waals surface area contributed by atoms with E-state index in [-0.39, 0.29) is 11.9 Å². The lowest BCUT2D eigenvalue weighted by Crippen LogP contribution is -2.27. The molecule has 1 N–H and O–H groups in total. The summed E-state index contributed by atoms with van der Waals surface area (Å²) in [5.74, 6) is 0.767. The molecule has 0 amide bonds. The fraction of sp³-hybridized carbons (Fsp3) is 0.455. The summed E-state index contributed by atoms with van der Waals surface area (Å²) in [7, 11) is 1.50. The Bertz CT molecular complexity index is 544. The van der Waals surface area contributed by atoms with Crippen molar-refractivity contribution in [2.75, 3.05) is 30.4 Å². The third-order valence-corrected chi connectivity index (χ3v) is 2.41. The molecule has 0 aromatic carbocycles. The highest BCUT2D eigenvalue weighted by molar-refractivity contribution is 5.39. The molecule has 0 spiro atoms. The second-order valence-electron chi connectivity index (χ2n) is 4.01. The number of hydrogen-bond donors (Lipinski definition) is 1. The Morgan fingerprint density at radius 1 is 1.35 bits per heavy atom. The first-order valence-corrected chi connectivity index (χ1v) is 6.09. The predicted molar refractivity (Wildman–Crippen MR) is 70.4 cm³/mol. The van der Waals surface area contributed by atoms with Crippen LogP contribution in [0.15, 0.2) is 18.5 Å². The highest BCUT2D eigenvalue weighted by Gasteiger charge is 2.14. The summed E-state index contributed by atoms with van der Waals surface area (Å²) in [6, 6.07) is 1.72. The van der Waals surface area contributed by atoms with Gasteiger partial charge in [-0.05, 0) is 13.0 Å². The van der Waals surface area contributed by atoms with E-state index in [0.717, 1.165) is 0 Å². The zero-order chi connectivity index (χ0) is 14.5. The summed E-state index contributed by atoms with van der Waals surface area (Å²) in [6.45, 7) is 2.05. The highest BCUT2D eigenvalue weighted by Crippen LogP contribution is 2.12. The van der Waals surface area contributed by atoms with Crippen molar-refractivity contribution in [2.45, 2.75) is 13.3 Å². The number of halogens is 2. The van der Waals surface area contributed by atoms with Gasteiger partial charge in [-0.3, -0.25) is 0 Å². The van der Waals surface area contributed by atoms with E-state index in [2.05, 4.69) is 25.4 Å². The summed E-state index contributed by atoms with van der Waals surface area (Å²) in [4.78, 5) is 13.7. The molecule has 0 radical (unpaired) electrons. The quantitative estimate of drug-likeness (QED) is 0.858. The minimum atomic E-state index is -2.47. The molecule has 0 saturated carbocycles. The van der Waals surface area contributed by atoms with Crippen LogP contribution in [0.5, 0.6) is 0 Å². The van der Waals surface area contributed by atoms with Gasteiger partial charge in [-0.15, -0.1) is 0 Å². The Labute approximate surface area is 114 Å². The third kappa shape index (κ3) is 3.37. The number of nitrogens with one attached hydrogen (secondary N) is 1. The summed E-state index contributed by atoms with van der Waals surface area (Å²) in [5, 5.41) is 6.96. The maximum absolute atomic E-state index is 12.4. The van der Waals surface area contributed by atoms with Gasteiger partial charge in [-0.25, -0.2) is 13.5 Å². The molecule has 7 nitrogen and oxygen atoms in total. The van der Waals surface area contributed by atoms with Gasteiger partial charge in [0, 0.05) is 26.0 Å². The number of anilines is 2. The molecule has 0 bridgehead atoms. The van der Waals surface area contributed by atoms with Crippen LogP contribution in [0.1, 0.15) is 6.92 Å². The molecular weight excluding hydrogens is 268 g/mol. The second-order valence-corrected chi connectivity index (χ2v) is 4.01. The summed E-state index contributed by atoms with van der Waals surface area (Å²) < 4.78 is 26.3. The van der Waals surface area contributed by atoms with Gasteiger partial charge in [0.15, 0.2) is 0 Å². The van der Waals surface area contributed by atoms with E-state index in [0.29, 0.717) is 12.5 Å². The van der Waals surface area contributed by atoms with Crippen LogP contribution < -0.4 is 10.2 Å². The normalized spacial score (nSPS) is 10.8. The molecule has 108 valence electrons. The molecule has 0 aliphatic rings. The number of nitrogens with zero attached hydrogens (tertiary/aromatic N) is 6. The fourth-order valence-corrected chi connectivity index (χ4v) is 1.54. The molecule has 0 aliphatic heterocycles. The molecule has 0 unspecified atom stereocenters. The molecule has 2 aromatic rings. The smallest absolute Gasteiger partial charge is 0.257 e. The molecule has 0 aliphatic carbocycles. The first-order valence-electron chi connectivity index (χ1n) is 6.09. The van der Waals surface area contributed by atoms with Gasteiger partial charge in [0.05, 0.1) is 6.54 Å². The van der Waals surface area contributed by atoms with Gasteiger partial charge < -0.3 is 10.2 Å². The topological polar surface area (TPSA) is 71.8 Å². The van der Waals surface area contributed by atoms with Gasteiger partial charge in [0.25, 0.3) is 12.4 Å². The Hall–Kier alpha value is -2.32. The number of alkyl halides is 2. The van der Waals surface area contributed by atoms with Crippen molar-refractivity contribution in [3.8, 4) is 5.95 Å². The number of aromatic nitrogens is 5. The van der Waals surface area contributed by atoms with Crippen molar-refractivity contribution in [1.82, 2.24) is 24.7 Å². The monoisotopic (exact) mass is 283 g/mol. The van der Waals surface area contributed by atoms with Crippen molar-refractivity contribution in [3.05, 3.63) is 18.5 Å². The molecule has 2 heterocycles. The molecular formula is C11H15F2N7. The van der Waals surface area contributed by atoms with E-state index in [1.54, 1.807) is 18.5 Å². The predicted octanol–water partition coefficient (Wildman–Crippen LogP) is 1.19. The Balaban J connectivity index is 2.35. The summed E-state index contributed by atoms with van der Waals surface area (Å²) in [5.41, 5.74) is 0. The Morgan fingerprint density at radius 2 is 2.15 bits per heavy atom. The summed E-state index contributed by atoms with van der Waals surface area (Å²) >= 11 is 0. The lowest BCUT2D eigenvalue weighted by Gasteiger charge is -2.17. The minimum absolute atomic E-state index is 0.168. The zero-order valence-electron chi connectivity index (χ0n) is 11.2. The maximum Gasteiger partial charge on any atom is 0.257 e. The van der Waals surface area contributed by atoms with E-state index in [1.165, 1.54) is 16.6 Å². The van der Waals surface area contributed by atoms with E-state index in [9.17, 15) is 8.78 Å². The van der Waals surface area contributed by atoms with Crippen molar-refractivity contribution in [2.24, 2.45) is 0 Å². The standard InChI is InChI=1S/C11H15F2N7/c1-3-14-9-16-10(19(2)7-8(12)13)18-11(17-9)20-6-4-5-15-20/h4-6,8H,3,7H2,1-2H3,(H,14,16,17,18). The van der Waals surface area contributed by atoms with Crippen LogP contribution in [0.4, 0.5) is 20.7 Å². The first kappa shape index (κ1) is 14.1. The van der Waals surface area contributed by atoms with Gasteiger partial charge in [0.2, 0.25) is 11.9 Å². The van der Waals surface area contributed by atoms with E-state index in [4.69, 9.17) is 0 Å². The Morgan fingerprint density at radius 3 is 2.75 bits per heavy atom. The number of rotatable bonds is 6. The average Bonchev–Trinajstić information content (AvgIpc) is 2.92. The van der Waals surface area contributed by atoms with Crippen LogP contribution in [0.2, 0.25) is 0 Å². The Kier molecular flexibility index (Phi) is 4.38. The third-order valence-electron chi connectivity index (χ3n) is 2.41. The van der Waals surface area contributed by atoms with E-state index >= 15 is 0 Å². The van der Waals surface area contributed by atoms with Crippen LogP contribution in [0.25, 0.3) is 5.95 Å². The van der Waals surface area contributed by atoms with Crippen LogP contribution in [0, 0.1) is 0 Å². The molecule has 2 rings (SSSR count). The van der Waals surface area contributed by atoms with Crippen molar-refractivity contribution < 1.29 is 8.78 Å². The lowest BCUT2D eigenvalue weighted by atomic mass is 10.6. The van der Waals surface area contributed by atoms with Crippen LogP contribution in [-0.4, -0.2) is 51.3 Å². The SMILES string of the molecule is CCNc1nc(N(C)CC(F)F)nc(-n2cccn2)n1. The first-order chi connectivity index (χ1) is 9.60. The lowest BCUT2D eigenvalue weighted by molar-refractivity contribution is 0.156. The second kappa shape index (κ2) is 6.22. The van der Waals surface area contributed by atoms with Crippen molar-refractivity contribution >= 4 is 11.9 Å². The van der Waals surface area contributed by atoms with Gasteiger partial charge in [-0.1, -0.05) is 0 Å². The largest absolute Gasteiger partial charge is 0.354 e. The molecule has 2 aromatic heterocycles. The average molecular weight is 283 g/mol. The van der Waals surface area contributed by atoms with E-state index < -0.39 is 13.0 Å². The minimum Gasteiger partial charge on any atom is -0.354 e. The number of hydrogen-bond acceptors (Lipinski definition) is 6. The van der Waals surface area contributed by atoms with Crippen molar-refractivity contribution in [1.29, 1.82) is 0 Å². The highest BCUT2D eigenvalue weighted by atomic mass is 19.3. The van der Waals surface area contributed by atoms with Gasteiger partial charge >= 0.3 is 0 Å². The van der Waals surface area contributed by atoms with E-state index in [1.807, 2.05) is 6.92 Å². The van der Waals surface area contributed by atoms with Gasteiger partial charge in [-0.2, -0.15) is 20.1 Å². The van der Waals surface area contributed by atoms with Crippen molar-refractivity contribution in [3.63, 3.8) is 0 Å². The fourth-order valence-electron chi connectivity index (χ4n) is 1.54. The summed E-state index contributed by atoms with van der Waals surface area (Å²) in [6.07, 6.45) is 0.786. The molecule has 0 fully saturated rings. The van der Waals surface area contributed by atoms with Crippen LogP contribution in [0.3, 0.4) is 0 Å². The molecule has 0 atom stereocenters.